The maximum absolute atomic E-state index is 6.54. The first kappa shape index (κ1) is 24.5. The highest BCUT2D eigenvalue weighted by atomic mass is 35.5. The van der Waals surface area contributed by atoms with Gasteiger partial charge in [-0.15, -0.1) is 0 Å². The molecule has 0 aliphatic rings. The van der Waals surface area contributed by atoms with Gasteiger partial charge in [0.25, 0.3) is 0 Å². The summed E-state index contributed by atoms with van der Waals surface area (Å²) in [4.78, 5) is 4.86. The van der Waals surface area contributed by atoms with Gasteiger partial charge in [-0.25, -0.2) is 0 Å². The van der Waals surface area contributed by atoms with Gasteiger partial charge in [-0.2, -0.15) is 0 Å². The lowest BCUT2D eigenvalue weighted by atomic mass is 9.97. The number of unbranched alkanes of at least 4 members (excludes halogenated alkanes) is 3. The van der Waals surface area contributed by atoms with Crippen LogP contribution >= 0.6 is 46.4 Å². The van der Waals surface area contributed by atoms with Crippen molar-refractivity contribution in [2.24, 2.45) is 10.7 Å². The van der Waals surface area contributed by atoms with Crippen LogP contribution in [0.2, 0.25) is 20.1 Å². The lowest BCUT2D eigenvalue weighted by Gasteiger charge is -2.16. The summed E-state index contributed by atoms with van der Waals surface area (Å²) in [7, 11) is 0. The van der Waals surface area contributed by atoms with Gasteiger partial charge in [0, 0.05) is 24.7 Å². The van der Waals surface area contributed by atoms with Crippen molar-refractivity contribution < 1.29 is 0 Å². The summed E-state index contributed by atoms with van der Waals surface area (Å²) in [5.41, 5.74) is 9.73. The summed E-state index contributed by atoms with van der Waals surface area (Å²) in [5.74, 6) is 0. The Morgan fingerprint density at radius 3 is 2.10 bits per heavy atom. The number of rotatable bonds is 11. The highest BCUT2D eigenvalue weighted by Crippen LogP contribution is 2.25. The molecule has 0 fully saturated rings. The standard InChI is InChI=1S/C23H28Cl4N2/c1-2-3-4-5-12-29-23(15-17-7-10-19(25)21(27)14-17)22(28)11-8-16-6-9-18(24)20(26)13-16/h6-7,9-10,13-14,22H,2-5,8,11-12,15,28H2,1H3. The fourth-order valence-electron chi connectivity index (χ4n) is 3.11. The van der Waals surface area contributed by atoms with Crippen LogP contribution in [0.4, 0.5) is 0 Å². The van der Waals surface area contributed by atoms with E-state index in [2.05, 4.69) is 6.92 Å². The first-order valence-electron chi connectivity index (χ1n) is 10.1. The van der Waals surface area contributed by atoms with Gasteiger partial charge in [0.05, 0.1) is 20.1 Å². The summed E-state index contributed by atoms with van der Waals surface area (Å²) >= 11 is 24.4. The molecule has 0 saturated heterocycles. The van der Waals surface area contributed by atoms with E-state index in [4.69, 9.17) is 57.1 Å². The van der Waals surface area contributed by atoms with Gasteiger partial charge < -0.3 is 5.73 Å². The maximum Gasteiger partial charge on any atom is 0.0595 e. The largest absolute Gasteiger partial charge is 0.323 e. The molecular formula is C23H28Cl4N2. The van der Waals surface area contributed by atoms with Gasteiger partial charge in [-0.1, -0.05) is 84.7 Å². The summed E-state index contributed by atoms with van der Waals surface area (Å²) < 4.78 is 0. The van der Waals surface area contributed by atoms with Crippen LogP contribution in [-0.4, -0.2) is 18.3 Å². The van der Waals surface area contributed by atoms with E-state index in [1.807, 2.05) is 36.4 Å². The predicted molar refractivity (Wildman–Crippen MR) is 129 cm³/mol. The molecule has 1 unspecified atom stereocenters. The molecular weight excluding hydrogens is 446 g/mol. The number of aryl methyl sites for hydroxylation is 1. The van der Waals surface area contributed by atoms with E-state index < -0.39 is 0 Å². The first-order valence-corrected chi connectivity index (χ1v) is 11.6. The Balaban J connectivity index is 2.06. The molecule has 0 saturated carbocycles. The first-order chi connectivity index (χ1) is 13.9. The minimum absolute atomic E-state index is 0.134. The Bertz CT molecular complexity index is 821. The summed E-state index contributed by atoms with van der Waals surface area (Å²) in [6, 6.07) is 11.3. The second kappa shape index (κ2) is 12.8. The Morgan fingerprint density at radius 2 is 1.48 bits per heavy atom. The molecule has 0 amide bonds. The van der Waals surface area contributed by atoms with Gasteiger partial charge in [0.2, 0.25) is 0 Å². The number of nitrogens with two attached hydrogens (primary N) is 1. The van der Waals surface area contributed by atoms with Crippen LogP contribution in [0.25, 0.3) is 0 Å². The quantitative estimate of drug-likeness (QED) is 0.262. The molecule has 0 bridgehead atoms. The number of hydrogen-bond donors (Lipinski definition) is 1. The van der Waals surface area contributed by atoms with Crippen molar-refractivity contribution in [3.05, 3.63) is 67.6 Å². The average Bonchev–Trinajstić information content (AvgIpc) is 2.70. The molecule has 2 nitrogen and oxygen atoms in total. The molecule has 2 N–H and O–H groups in total. The van der Waals surface area contributed by atoms with E-state index in [1.54, 1.807) is 0 Å². The third-order valence-electron chi connectivity index (χ3n) is 4.85. The molecule has 0 radical (unpaired) electrons. The van der Waals surface area contributed by atoms with Crippen LogP contribution in [0.3, 0.4) is 0 Å². The lowest BCUT2D eigenvalue weighted by Crippen LogP contribution is -2.33. The Labute approximate surface area is 194 Å². The molecule has 158 valence electrons. The maximum atomic E-state index is 6.54. The van der Waals surface area contributed by atoms with E-state index in [-0.39, 0.29) is 6.04 Å². The molecule has 2 rings (SSSR count). The van der Waals surface area contributed by atoms with Crippen LogP contribution in [0.15, 0.2) is 41.4 Å². The number of aliphatic imine (C=N–C) groups is 1. The van der Waals surface area contributed by atoms with Crippen molar-refractivity contribution in [1.29, 1.82) is 0 Å². The Morgan fingerprint density at radius 1 is 0.862 bits per heavy atom. The number of halogens is 4. The second-order valence-corrected chi connectivity index (χ2v) is 8.88. The van der Waals surface area contributed by atoms with E-state index in [0.717, 1.165) is 42.6 Å². The molecule has 6 heteroatoms. The van der Waals surface area contributed by atoms with E-state index in [0.29, 0.717) is 26.5 Å². The average molecular weight is 474 g/mol. The van der Waals surface area contributed by atoms with E-state index in [1.165, 1.54) is 19.3 Å². The highest BCUT2D eigenvalue weighted by molar-refractivity contribution is 6.42. The van der Waals surface area contributed by atoms with Crippen molar-refractivity contribution in [2.45, 2.75) is 57.9 Å². The summed E-state index contributed by atoms with van der Waals surface area (Å²) in [6.07, 6.45) is 7.00. The Kier molecular flexibility index (Phi) is 10.8. The zero-order valence-electron chi connectivity index (χ0n) is 16.7. The fourth-order valence-corrected chi connectivity index (χ4v) is 3.75. The topological polar surface area (TPSA) is 38.4 Å². The number of benzene rings is 2. The normalized spacial score (nSPS) is 13.0. The highest BCUT2D eigenvalue weighted by Gasteiger charge is 2.14. The number of nitrogens with zero attached hydrogens (tertiary/aromatic N) is 1. The predicted octanol–water partition coefficient (Wildman–Crippen LogP) is 7.82. The lowest BCUT2D eigenvalue weighted by molar-refractivity contribution is 0.669. The molecule has 0 aromatic heterocycles. The van der Waals surface area contributed by atoms with Crippen LogP contribution in [0.1, 0.15) is 50.2 Å². The van der Waals surface area contributed by atoms with Gasteiger partial charge in [0.1, 0.15) is 0 Å². The molecule has 2 aromatic carbocycles. The summed E-state index contributed by atoms with van der Waals surface area (Å²) in [5, 5.41) is 2.24. The van der Waals surface area contributed by atoms with E-state index >= 15 is 0 Å². The SMILES string of the molecule is CCCCCCN=C(Cc1ccc(Cl)c(Cl)c1)C(N)CCc1ccc(Cl)c(Cl)c1. The third kappa shape index (κ3) is 8.47. The zero-order valence-corrected chi connectivity index (χ0v) is 19.8. The van der Waals surface area contributed by atoms with Crippen molar-refractivity contribution in [2.75, 3.05) is 6.54 Å². The zero-order chi connectivity index (χ0) is 21.2. The molecule has 0 aliphatic heterocycles. The van der Waals surface area contributed by atoms with Crippen molar-refractivity contribution in [1.82, 2.24) is 0 Å². The van der Waals surface area contributed by atoms with Gasteiger partial charge in [0.15, 0.2) is 0 Å². The van der Waals surface area contributed by atoms with Gasteiger partial charge >= 0.3 is 0 Å². The van der Waals surface area contributed by atoms with E-state index in [9.17, 15) is 0 Å². The smallest absolute Gasteiger partial charge is 0.0595 e. The molecule has 1 atom stereocenters. The second-order valence-electron chi connectivity index (χ2n) is 7.25. The fraction of sp³-hybridized carbons (Fsp3) is 0.435. The minimum Gasteiger partial charge on any atom is -0.323 e. The van der Waals surface area contributed by atoms with Crippen molar-refractivity contribution in [3.8, 4) is 0 Å². The molecule has 0 aliphatic carbocycles. The minimum atomic E-state index is -0.134. The van der Waals surface area contributed by atoms with Crippen molar-refractivity contribution in [3.63, 3.8) is 0 Å². The van der Waals surface area contributed by atoms with Crippen LogP contribution in [0, 0.1) is 0 Å². The molecule has 29 heavy (non-hydrogen) atoms. The monoisotopic (exact) mass is 472 g/mol. The molecule has 0 heterocycles. The van der Waals surface area contributed by atoms with Crippen molar-refractivity contribution >= 4 is 52.1 Å². The molecule has 2 aromatic rings. The summed E-state index contributed by atoms with van der Waals surface area (Å²) in [6.45, 7) is 3.01. The molecule has 0 spiro atoms. The van der Waals surface area contributed by atoms with Crippen LogP contribution in [0.5, 0.6) is 0 Å². The third-order valence-corrected chi connectivity index (χ3v) is 6.33. The van der Waals surface area contributed by atoms with Gasteiger partial charge in [-0.05, 0) is 54.7 Å². The number of hydrogen-bond acceptors (Lipinski definition) is 2. The van der Waals surface area contributed by atoms with Gasteiger partial charge in [-0.3, -0.25) is 4.99 Å². The van der Waals surface area contributed by atoms with Crippen LogP contribution < -0.4 is 5.73 Å². The van der Waals surface area contributed by atoms with Crippen LogP contribution in [-0.2, 0) is 12.8 Å². The Hall–Kier alpha value is -0.770.